The molecule has 0 saturated heterocycles. The van der Waals surface area contributed by atoms with Crippen molar-refractivity contribution < 1.29 is 9.72 Å². The number of nitro groups is 1. The topological polar surface area (TPSA) is 84.3 Å². The zero-order chi connectivity index (χ0) is 17.5. The van der Waals surface area contributed by atoms with Gasteiger partial charge in [0.2, 0.25) is 0 Å². The standard InChI is InChI=1S/C18H21N3O3/c1-13(8-9-14-6-4-3-5-7-14)20-17-11-10-15(21(23)24)12-16(17)18(22)19-2/h3-7,10-13,20H,8-9H2,1-2H3,(H,19,22). The molecule has 0 bridgehead atoms. The van der Waals surface area contributed by atoms with Crippen molar-refractivity contribution in [3.05, 3.63) is 69.8 Å². The molecule has 1 amide bonds. The van der Waals surface area contributed by atoms with Crippen LogP contribution in [0.4, 0.5) is 11.4 Å². The van der Waals surface area contributed by atoms with E-state index in [-0.39, 0.29) is 23.2 Å². The van der Waals surface area contributed by atoms with Crippen LogP contribution < -0.4 is 10.6 Å². The second-order valence-electron chi connectivity index (χ2n) is 5.64. The summed E-state index contributed by atoms with van der Waals surface area (Å²) >= 11 is 0. The molecule has 2 aromatic rings. The third kappa shape index (κ3) is 4.55. The third-order valence-corrected chi connectivity index (χ3v) is 3.80. The highest BCUT2D eigenvalue weighted by Crippen LogP contribution is 2.23. The van der Waals surface area contributed by atoms with E-state index in [4.69, 9.17) is 0 Å². The van der Waals surface area contributed by atoms with E-state index in [0.29, 0.717) is 5.69 Å². The highest BCUT2D eigenvalue weighted by Gasteiger charge is 2.17. The predicted octanol–water partition coefficient (Wildman–Crippen LogP) is 3.39. The number of hydrogen-bond acceptors (Lipinski definition) is 4. The first kappa shape index (κ1) is 17.5. The Balaban J connectivity index is 2.10. The van der Waals surface area contributed by atoms with Gasteiger partial charge in [-0.3, -0.25) is 14.9 Å². The summed E-state index contributed by atoms with van der Waals surface area (Å²) in [5, 5.41) is 16.7. The number of non-ortho nitro benzene ring substituents is 1. The molecular weight excluding hydrogens is 306 g/mol. The fourth-order valence-corrected chi connectivity index (χ4v) is 2.46. The maximum Gasteiger partial charge on any atom is 0.270 e. The highest BCUT2D eigenvalue weighted by molar-refractivity contribution is 6.00. The van der Waals surface area contributed by atoms with Crippen LogP contribution in [0.15, 0.2) is 48.5 Å². The monoisotopic (exact) mass is 327 g/mol. The van der Waals surface area contributed by atoms with E-state index in [1.807, 2.05) is 25.1 Å². The number of hydrogen-bond donors (Lipinski definition) is 2. The molecule has 6 heteroatoms. The molecule has 0 aliphatic carbocycles. The molecule has 2 N–H and O–H groups in total. The van der Waals surface area contributed by atoms with Crippen molar-refractivity contribution in [3.63, 3.8) is 0 Å². The predicted molar refractivity (Wildman–Crippen MR) is 94.3 cm³/mol. The van der Waals surface area contributed by atoms with Crippen LogP contribution in [0.2, 0.25) is 0 Å². The number of anilines is 1. The molecule has 2 aromatic carbocycles. The Kier molecular flexibility index (Phi) is 5.89. The minimum atomic E-state index is -0.505. The van der Waals surface area contributed by atoms with Crippen molar-refractivity contribution in [2.75, 3.05) is 12.4 Å². The van der Waals surface area contributed by atoms with Gasteiger partial charge in [-0.15, -0.1) is 0 Å². The lowest BCUT2D eigenvalue weighted by Crippen LogP contribution is -2.23. The molecule has 0 aromatic heterocycles. The molecule has 0 aliphatic heterocycles. The lowest BCUT2D eigenvalue weighted by atomic mass is 10.0. The molecule has 0 aliphatic rings. The minimum absolute atomic E-state index is 0.101. The van der Waals surface area contributed by atoms with Crippen LogP contribution in [0.5, 0.6) is 0 Å². The molecule has 126 valence electrons. The van der Waals surface area contributed by atoms with Gasteiger partial charge in [-0.1, -0.05) is 30.3 Å². The molecule has 0 heterocycles. The first-order valence-electron chi connectivity index (χ1n) is 7.82. The summed E-state index contributed by atoms with van der Waals surface area (Å²) in [5.74, 6) is -0.351. The summed E-state index contributed by atoms with van der Waals surface area (Å²) in [6, 6.07) is 14.6. The zero-order valence-electron chi connectivity index (χ0n) is 13.8. The highest BCUT2D eigenvalue weighted by atomic mass is 16.6. The van der Waals surface area contributed by atoms with Gasteiger partial charge in [0, 0.05) is 30.9 Å². The number of benzene rings is 2. The van der Waals surface area contributed by atoms with E-state index in [0.717, 1.165) is 12.8 Å². The first-order valence-corrected chi connectivity index (χ1v) is 7.82. The maximum absolute atomic E-state index is 12.0. The van der Waals surface area contributed by atoms with Crippen molar-refractivity contribution in [2.45, 2.75) is 25.8 Å². The van der Waals surface area contributed by atoms with E-state index in [9.17, 15) is 14.9 Å². The molecule has 0 radical (unpaired) electrons. The molecule has 0 saturated carbocycles. The third-order valence-electron chi connectivity index (χ3n) is 3.80. The smallest absolute Gasteiger partial charge is 0.270 e. The van der Waals surface area contributed by atoms with E-state index in [1.165, 1.54) is 24.7 Å². The van der Waals surface area contributed by atoms with E-state index < -0.39 is 4.92 Å². The van der Waals surface area contributed by atoms with Gasteiger partial charge in [-0.05, 0) is 31.4 Å². The quantitative estimate of drug-likeness (QED) is 0.603. The zero-order valence-corrected chi connectivity index (χ0v) is 13.8. The summed E-state index contributed by atoms with van der Waals surface area (Å²) < 4.78 is 0. The van der Waals surface area contributed by atoms with E-state index in [2.05, 4.69) is 22.8 Å². The number of nitro benzene ring substituents is 1. The Morgan fingerprint density at radius 2 is 1.92 bits per heavy atom. The number of aryl methyl sites for hydroxylation is 1. The van der Waals surface area contributed by atoms with Crippen molar-refractivity contribution in [1.29, 1.82) is 0 Å². The molecule has 2 rings (SSSR count). The fourth-order valence-electron chi connectivity index (χ4n) is 2.46. The number of nitrogens with zero attached hydrogens (tertiary/aromatic N) is 1. The first-order chi connectivity index (χ1) is 11.5. The summed E-state index contributed by atoms with van der Waals surface area (Å²) in [6.45, 7) is 2.03. The van der Waals surface area contributed by atoms with Crippen LogP contribution in [-0.2, 0) is 6.42 Å². The SMILES string of the molecule is CNC(=O)c1cc([N+](=O)[O-])ccc1NC(C)CCc1ccccc1. The van der Waals surface area contributed by atoms with Crippen LogP contribution in [0, 0.1) is 10.1 Å². The normalized spacial score (nSPS) is 11.6. The minimum Gasteiger partial charge on any atom is -0.382 e. The molecule has 24 heavy (non-hydrogen) atoms. The summed E-state index contributed by atoms with van der Waals surface area (Å²) in [7, 11) is 1.50. The largest absolute Gasteiger partial charge is 0.382 e. The van der Waals surface area contributed by atoms with Gasteiger partial charge in [0.25, 0.3) is 11.6 Å². The number of rotatable bonds is 7. The van der Waals surface area contributed by atoms with Gasteiger partial charge in [-0.25, -0.2) is 0 Å². The van der Waals surface area contributed by atoms with Crippen LogP contribution in [-0.4, -0.2) is 23.9 Å². The summed E-state index contributed by atoms with van der Waals surface area (Å²) in [5.41, 5.74) is 2.02. The number of carbonyl (C=O) groups excluding carboxylic acids is 1. The second-order valence-corrected chi connectivity index (χ2v) is 5.64. The van der Waals surface area contributed by atoms with Gasteiger partial charge < -0.3 is 10.6 Å². The second kappa shape index (κ2) is 8.10. The van der Waals surface area contributed by atoms with Crippen molar-refractivity contribution >= 4 is 17.3 Å². The molecule has 0 spiro atoms. The number of nitrogens with one attached hydrogen (secondary N) is 2. The molecule has 6 nitrogen and oxygen atoms in total. The average Bonchev–Trinajstić information content (AvgIpc) is 2.60. The fraction of sp³-hybridized carbons (Fsp3) is 0.278. The summed E-state index contributed by atoms with van der Waals surface area (Å²) in [4.78, 5) is 22.4. The number of carbonyl (C=O) groups is 1. The van der Waals surface area contributed by atoms with Crippen LogP contribution >= 0.6 is 0 Å². The van der Waals surface area contributed by atoms with E-state index in [1.54, 1.807) is 6.07 Å². The van der Waals surface area contributed by atoms with Gasteiger partial charge in [-0.2, -0.15) is 0 Å². The maximum atomic E-state index is 12.0. The lowest BCUT2D eigenvalue weighted by Gasteiger charge is -2.17. The molecule has 1 atom stereocenters. The van der Waals surface area contributed by atoms with Crippen LogP contribution in [0.1, 0.15) is 29.3 Å². The molecular formula is C18H21N3O3. The Bertz CT molecular complexity index is 717. The lowest BCUT2D eigenvalue weighted by molar-refractivity contribution is -0.384. The van der Waals surface area contributed by atoms with E-state index >= 15 is 0 Å². The summed E-state index contributed by atoms with van der Waals surface area (Å²) in [6.07, 6.45) is 1.80. The van der Waals surface area contributed by atoms with Crippen molar-refractivity contribution in [2.24, 2.45) is 0 Å². The van der Waals surface area contributed by atoms with Gasteiger partial charge in [0.1, 0.15) is 0 Å². The Hall–Kier alpha value is -2.89. The van der Waals surface area contributed by atoms with Crippen molar-refractivity contribution in [3.8, 4) is 0 Å². The van der Waals surface area contributed by atoms with Crippen LogP contribution in [0.3, 0.4) is 0 Å². The Morgan fingerprint density at radius 1 is 1.21 bits per heavy atom. The number of amides is 1. The Morgan fingerprint density at radius 3 is 2.54 bits per heavy atom. The Labute approximate surface area is 141 Å². The van der Waals surface area contributed by atoms with Gasteiger partial charge in [0.05, 0.1) is 10.5 Å². The average molecular weight is 327 g/mol. The molecule has 1 unspecified atom stereocenters. The van der Waals surface area contributed by atoms with Gasteiger partial charge in [0.15, 0.2) is 0 Å². The van der Waals surface area contributed by atoms with Crippen molar-refractivity contribution in [1.82, 2.24) is 5.32 Å². The van der Waals surface area contributed by atoms with Gasteiger partial charge >= 0.3 is 0 Å². The molecule has 0 fully saturated rings. The van der Waals surface area contributed by atoms with Crippen LogP contribution in [0.25, 0.3) is 0 Å².